The number of hydrogen-bond acceptors (Lipinski definition) is 7. The smallest absolute Gasteiger partial charge is 0.421 e. The molecule has 1 aliphatic heterocycles. The average Bonchev–Trinajstić information content (AvgIpc) is 3.23. The molecule has 3 aromatic heterocycles. The largest absolute Gasteiger partial charge is 0.477 e. The van der Waals surface area contributed by atoms with Crippen LogP contribution in [0.2, 0.25) is 0 Å². The van der Waals surface area contributed by atoms with Crippen LogP contribution in [0.1, 0.15) is 51.4 Å². The van der Waals surface area contributed by atoms with Crippen molar-refractivity contribution in [2.45, 2.75) is 51.8 Å². The van der Waals surface area contributed by atoms with Gasteiger partial charge in [-0.25, -0.2) is 19.7 Å². The van der Waals surface area contributed by atoms with Crippen molar-refractivity contribution in [2.24, 2.45) is 13.0 Å². The summed E-state index contributed by atoms with van der Waals surface area (Å²) in [4.78, 5) is 26.1. The number of halogens is 3. The number of nitrogens with zero attached hydrogens (tertiary/aromatic N) is 6. The zero-order chi connectivity index (χ0) is 27.7. The molecular formula is C26H29F3N6O3. The highest BCUT2D eigenvalue weighted by molar-refractivity contribution is 5.91. The van der Waals surface area contributed by atoms with Gasteiger partial charge < -0.3 is 18.9 Å². The van der Waals surface area contributed by atoms with E-state index >= 15 is 0 Å². The van der Waals surface area contributed by atoms with E-state index in [-0.39, 0.29) is 35.7 Å². The molecule has 0 unspecified atom stereocenters. The first-order valence-corrected chi connectivity index (χ1v) is 12.3. The van der Waals surface area contributed by atoms with Crippen molar-refractivity contribution in [3.8, 4) is 23.2 Å². The second-order valence-corrected chi connectivity index (χ2v) is 10.3. The first kappa shape index (κ1) is 27.2. The van der Waals surface area contributed by atoms with Gasteiger partial charge >= 0.3 is 12.3 Å². The molecule has 0 N–H and O–H groups in total. The Kier molecular flexibility index (Phi) is 7.49. The van der Waals surface area contributed by atoms with Crippen LogP contribution in [0, 0.1) is 17.2 Å². The van der Waals surface area contributed by atoms with Gasteiger partial charge in [0, 0.05) is 43.5 Å². The molecule has 202 valence electrons. The Hall–Kier alpha value is -3.88. The van der Waals surface area contributed by atoms with Crippen LogP contribution in [0.15, 0.2) is 24.5 Å². The van der Waals surface area contributed by atoms with Crippen LogP contribution in [0.5, 0.6) is 5.88 Å². The number of alkyl halides is 3. The minimum absolute atomic E-state index is 0.0571. The second-order valence-electron chi connectivity index (χ2n) is 10.3. The maximum Gasteiger partial charge on any atom is 0.421 e. The van der Waals surface area contributed by atoms with Crippen molar-refractivity contribution in [1.82, 2.24) is 24.4 Å². The summed E-state index contributed by atoms with van der Waals surface area (Å²) in [7, 11) is 1.72. The molecule has 4 heterocycles. The van der Waals surface area contributed by atoms with Gasteiger partial charge in [0.25, 0.3) is 0 Å². The van der Waals surface area contributed by atoms with E-state index in [9.17, 15) is 23.2 Å². The van der Waals surface area contributed by atoms with E-state index in [0.29, 0.717) is 43.4 Å². The molecule has 0 atom stereocenters. The number of carbonyl (C=O) groups is 1. The standard InChI is InChI=1S/C26H29F3N6O3/c1-25(2,3)38-24(36)35-10-5-16(6-11-35)8-12-37-23-19(26(27,28)29)13-17(15-31-23)21-18-7-9-34(4)22(18)33-20(14-30)32-21/h7,9,13,15-16H,5-6,8,10-12H2,1-4H3. The zero-order valence-electron chi connectivity index (χ0n) is 21.7. The number of aromatic nitrogens is 4. The van der Waals surface area contributed by atoms with E-state index < -0.39 is 23.2 Å². The van der Waals surface area contributed by atoms with Crippen LogP contribution >= 0.6 is 0 Å². The third-order valence-electron chi connectivity index (χ3n) is 6.29. The normalized spacial score (nSPS) is 14.9. The minimum Gasteiger partial charge on any atom is -0.477 e. The molecular weight excluding hydrogens is 501 g/mol. The fourth-order valence-corrected chi connectivity index (χ4v) is 4.36. The molecule has 1 aliphatic rings. The maximum atomic E-state index is 14.0. The molecule has 38 heavy (non-hydrogen) atoms. The number of pyridine rings is 1. The predicted molar refractivity (Wildman–Crippen MR) is 132 cm³/mol. The van der Waals surface area contributed by atoms with Gasteiger partial charge in [-0.2, -0.15) is 18.4 Å². The number of aryl methyl sites for hydroxylation is 1. The van der Waals surface area contributed by atoms with Gasteiger partial charge in [0.1, 0.15) is 22.9 Å². The summed E-state index contributed by atoms with van der Waals surface area (Å²) >= 11 is 0. The maximum absolute atomic E-state index is 14.0. The number of hydrogen-bond donors (Lipinski definition) is 0. The Morgan fingerprint density at radius 1 is 1.21 bits per heavy atom. The van der Waals surface area contributed by atoms with Gasteiger partial charge in [-0.15, -0.1) is 0 Å². The fourth-order valence-electron chi connectivity index (χ4n) is 4.36. The zero-order valence-corrected chi connectivity index (χ0v) is 21.7. The summed E-state index contributed by atoms with van der Waals surface area (Å²) in [5.41, 5.74) is -0.865. The summed E-state index contributed by atoms with van der Waals surface area (Å²) in [6.45, 7) is 6.54. The number of nitriles is 1. The molecule has 0 aliphatic carbocycles. The lowest BCUT2D eigenvalue weighted by Gasteiger charge is -2.33. The number of rotatable bonds is 5. The topological polar surface area (TPSA) is 106 Å². The van der Waals surface area contributed by atoms with Crippen molar-refractivity contribution in [1.29, 1.82) is 5.26 Å². The lowest BCUT2D eigenvalue weighted by molar-refractivity contribution is -0.139. The van der Waals surface area contributed by atoms with Crippen LogP contribution in [-0.4, -0.2) is 55.8 Å². The minimum atomic E-state index is -4.71. The highest BCUT2D eigenvalue weighted by Gasteiger charge is 2.36. The van der Waals surface area contributed by atoms with Gasteiger partial charge in [0.05, 0.1) is 12.3 Å². The summed E-state index contributed by atoms with van der Waals surface area (Å²) in [6.07, 6.45) is -0.156. The van der Waals surface area contributed by atoms with Crippen LogP contribution in [0.25, 0.3) is 22.3 Å². The Balaban J connectivity index is 1.45. The number of fused-ring (bicyclic) bond motifs is 1. The SMILES string of the molecule is Cn1ccc2c(-c3cnc(OCCC4CCN(C(=O)OC(C)(C)C)CC4)c(C(F)(F)F)c3)nc(C#N)nc21. The van der Waals surface area contributed by atoms with Crippen molar-refractivity contribution in [3.05, 3.63) is 35.9 Å². The molecule has 12 heteroatoms. The molecule has 1 fully saturated rings. The molecule has 9 nitrogen and oxygen atoms in total. The summed E-state index contributed by atoms with van der Waals surface area (Å²) in [5.74, 6) is -0.453. The van der Waals surface area contributed by atoms with E-state index in [4.69, 9.17) is 9.47 Å². The monoisotopic (exact) mass is 530 g/mol. The number of amides is 1. The van der Waals surface area contributed by atoms with Crippen molar-refractivity contribution < 1.29 is 27.4 Å². The highest BCUT2D eigenvalue weighted by Crippen LogP contribution is 2.38. The molecule has 0 spiro atoms. The van der Waals surface area contributed by atoms with E-state index in [0.717, 1.165) is 6.07 Å². The molecule has 4 rings (SSSR count). The molecule has 0 bridgehead atoms. The van der Waals surface area contributed by atoms with Crippen molar-refractivity contribution >= 4 is 17.1 Å². The van der Waals surface area contributed by atoms with Crippen LogP contribution in [0.4, 0.5) is 18.0 Å². The summed E-state index contributed by atoms with van der Waals surface area (Å²) < 4.78 is 54.5. The number of ether oxygens (including phenoxy) is 2. The van der Waals surface area contributed by atoms with Gasteiger partial charge in [-0.05, 0) is 58.1 Å². The summed E-state index contributed by atoms with van der Waals surface area (Å²) in [5, 5.41) is 9.80. The summed E-state index contributed by atoms with van der Waals surface area (Å²) in [6, 6.07) is 4.47. The quantitative estimate of drug-likeness (QED) is 0.439. The average molecular weight is 531 g/mol. The van der Waals surface area contributed by atoms with E-state index in [1.54, 1.807) is 28.8 Å². The Bertz CT molecular complexity index is 1370. The Labute approximate surface area is 218 Å². The molecule has 1 amide bonds. The van der Waals surface area contributed by atoms with E-state index in [1.807, 2.05) is 26.8 Å². The van der Waals surface area contributed by atoms with Gasteiger partial charge in [0.2, 0.25) is 11.7 Å². The Morgan fingerprint density at radius 2 is 1.92 bits per heavy atom. The van der Waals surface area contributed by atoms with E-state index in [1.165, 1.54) is 6.20 Å². The van der Waals surface area contributed by atoms with Gasteiger partial charge in [-0.1, -0.05) is 0 Å². The Morgan fingerprint density at radius 3 is 2.55 bits per heavy atom. The molecule has 0 radical (unpaired) electrons. The highest BCUT2D eigenvalue weighted by atomic mass is 19.4. The van der Waals surface area contributed by atoms with Crippen LogP contribution in [0.3, 0.4) is 0 Å². The molecule has 0 aromatic carbocycles. The van der Waals surface area contributed by atoms with Crippen molar-refractivity contribution in [2.75, 3.05) is 19.7 Å². The van der Waals surface area contributed by atoms with E-state index in [2.05, 4.69) is 15.0 Å². The first-order valence-electron chi connectivity index (χ1n) is 12.3. The third kappa shape index (κ3) is 6.15. The van der Waals surface area contributed by atoms with Crippen LogP contribution in [-0.2, 0) is 18.0 Å². The number of carbonyl (C=O) groups excluding carboxylic acids is 1. The number of piperidine rings is 1. The third-order valence-corrected chi connectivity index (χ3v) is 6.29. The molecule has 3 aromatic rings. The molecule has 1 saturated heterocycles. The lowest BCUT2D eigenvalue weighted by Crippen LogP contribution is -2.41. The van der Waals surface area contributed by atoms with Crippen molar-refractivity contribution in [3.63, 3.8) is 0 Å². The molecule has 0 saturated carbocycles. The first-order chi connectivity index (χ1) is 17.9. The van der Waals surface area contributed by atoms with Gasteiger partial charge in [0.15, 0.2) is 0 Å². The fraction of sp³-hybridized carbons (Fsp3) is 0.500. The lowest BCUT2D eigenvalue weighted by atomic mass is 9.94. The predicted octanol–water partition coefficient (Wildman–Crippen LogP) is 5.34. The second kappa shape index (κ2) is 10.5. The van der Waals surface area contributed by atoms with Crippen LogP contribution < -0.4 is 4.74 Å². The number of likely N-dealkylation sites (tertiary alicyclic amines) is 1. The van der Waals surface area contributed by atoms with Gasteiger partial charge in [-0.3, -0.25) is 0 Å².